The Bertz CT molecular complexity index is 464. The Morgan fingerprint density at radius 3 is 2.68 bits per heavy atom. The first-order chi connectivity index (χ1) is 9.33. The first-order valence-electron chi connectivity index (χ1n) is 7.32. The molecule has 1 atom stereocenters. The molecule has 1 fully saturated rings. The molecule has 1 heterocycles. The number of rotatable bonds is 4. The fourth-order valence-corrected chi connectivity index (χ4v) is 3.56. The van der Waals surface area contributed by atoms with Gasteiger partial charge in [-0.1, -0.05) is 0 Å². The first-order valence-corrected chi connectivity index (χ1v) is 7.32. The molecule has 1 aliphatic carbocycles. The lowest BCUT2D eigenvalue weighted by Gasteiger charge is -2.19. The fraction of sp³-hybridized carbons (Fsp3) is 0.625. The van der Waals surface area contributed by atoms with Crippen molar-refractivity contribution in [2.75, 3.05) is 20.8 Å². The molecular formula is C16H23NO2. The van der Waals surface area contributed by atoms with Crippen molar-refractivity contribution in [1.82, 2.24) is 5.32 Å². The van der Waals surface area contributed by atoms with Gasteiger partial charge in [0.05, 0.1) is 14.2 Å². The summed E-state index contributed by atoms with van der Waals surface area (Å²) < 4.78 is 11.3. The van der Waals surface area contributed by atoms with Crippen LogP contribution >= 0.6 is 0 Å². The maximum Gasteiger partial charge on any atom is 0.125 e. The molecule has 1 aromatic rings. The zero-order valence-electron chi connectivity index (χ0n) is 11.9. The first kappa shape index (κ1) is 12.8. The molecule has 0 spiro atoms. The molecule has 1 aliphatic heterocycles. The van der Waals surface area contributed by atoms with E-state index in [-0.39, 0.29) is 0 Å². The van der Waals surface area contributed by atoms with Crippen LogP contribution in [0.5, 0.6) is 11.5 Å². The van der Waals surface area contributed by atoms with E-state index in [9.17, 15) is 0 Å². The van der Waals surface area contributed by atoms with Crippen molar-refractivity contribution in [3.05, 3.63) is 22.8 Å². The average molecular weight is 261 g/mol. The van der Waals surface area contributed by atoms with Crippen molar-refractivity contribution < 1.29 is 9.47 Å². The number of fused-ring (bicyclic) bond motifs is 1. The Morgan fingerprint density at radius 1 is 1.16 bits per heavy atom. The van der Waals surface area contributed by atoms with Gasteiger partial charge in [0.15, 0.2) is 0 Å². The molecule has 0 amide bonds. The zero-order valence-corrected chi connectivity index (χ0v) is 11.9. The lowest BCUT2D eigenvalue weighted by atomic mass is 9.97. The predicted molar refractivity (Wildman–Crippen MR) is 76.3 cm³/mol. The largest absolute Gasteiger partial charge is 0.496 e. The Labute approximate surface area is 115 Å². The van der Waals surface area contributed by atoms with E-state index in [0.717, 1.165) is 37.3 Å². The predicted octanol–water partition coefficient (Wildman–Crippen LogP) is 2.49. The smallest absolute Gasteiger partial charge is 0.125 e. The van der Waals surface area contributed by atoms with Crippen molar-refractivity contribution in [3.63, 3.8) is 0 Å². The topological polar surface area (TPSA) is 30.5 Å². The molecule has 0 aromatic heterocycles. The second-order valence-electron chi connectivity index (χ2n) is 5.58. The van der Waals surface area contributed by atoms with Crippen LogP contribution in [0.2, 0.25) is 0 Å². The van der Waals surface area contributed by atoms with Gasteiger partial charge in [-0.2, -0.15) is 0 Å². The normalized spacial score (nSPS) is 21.5. The van der Waals surface area contributed by atoms with Crippen LogP contribution < -0.4 is 14.8 Å². The van der Waals surface area contributed by atoms with Crippen molar-refractivity contribution in [1.29, 1.82) is 0 Å². The van der Waals surface area contributed by atoms with Crippen molar-refractivity contribution in [2.24, 2.45) is 0 Å². The molecule has 3 rings (SSSR count). The summed E-state index contributed by atoms with van der Waals surface area (Å²) in [5.74, 6) is 2.17. The second kappa shape index (κ2) is 5.41. The van der Waals surface area contributed by atoms with Crippen LogP contribution in [-0.2, 0) is 19.3 Å². The van der Waals surface area contributed by atoms with Gasteiger partial charge in [0.25, 0.3) is 0 Å². The van der Waals surface area contributed by atoms with Gasteiger partial charge in [-0.25, -0.2) is 0 Å². The Hall–Kier alpha value is -1.22. The molecule has 0 saturated carbocycles. The summed E-state index contributed by atoms with van der Waals surface area (Å²) >= 11 is 0. The van der Waals surface area contributed by atoms with Gasteiger partial charge < -0.3 is 14.8 Å². The molecule has 0 radical (unpaired) electrons. The summed E-state index contributed by atoms with van der Waals surface area (Å²) in [5, 5.41) is 3.57. The van der Waals surface area contributed by atoms with E-state index in [1.54, 1.807) is 14.2 Å². The quantitative estimate of drug-likeness (QED) is 0.903. The minimum Gasteiger partial charge on any atom is -0.496 e. The molecule has 3 nitrogen and oxygen atoms in total. The summed E-state index contributed by atoms with van der Waals surface area (Å²) in [6.07, 6.45) is 7.06. The van der Waals surface area contributed by atoms with E-state index in [4.69, 9.17) is 9.47 Å². The van der Waals surface area contributed by atoms with Gasteiger partial charge in [0.2, 0.25) is 0 Å². The summed E-state index contributed by atoms with van der Waals surface area (Å²) in [6, 6.07) is 2.79. The second-order valence-corrected chi connectivity index (χ2v) is 5.58. The Balaban J connectivity index is 1.97. The number of hydrogen-bond acceptors (Lipinski definition) is 3. The summed E-state index contributed by atoms with van der Waals surface area (Å²) in [5.41, 5.74) is 4.05. The molecule has 19 heavy (non-hydrogen) atoms. The van der Waals surface area contributed by atoms with Crippen molar-refractivity contribution in [2.45, 2.75) is 44.6 Å². The standard InChI is InChI=1S/C16H23NO2/c1-18-15-10-11(9-12-5-4-8-17-12)16(19-2)14-7-3-6-13(14)15/h10,12,17H,3-9H2,1-2H3. The SMILES string of the molecule is COc1cc(CC2CCCN2)c(OC)c2c1CCC2. The minimum atomic E-state index is 0.595. The van der Waals surface area contributed by atoms with E-state index in [2.05, 4.69) is 11.4 Å². The Morgan fingerprint density at radius 2 is 2.00 bits per heavy atom. The van der Waals surface area contributed by atoms with Gasteiger partial charge in [-0.15, -0.1) is 0 Å². The monoisotopic (exact) mass is 261 g/mol. The van der Waals surface area contributed by atoms with Crippen LogP contribution in [0.4, 0.5) is 0 Å². The van der Waals surface area contributed by atoms with E-state index >= 15 is 0 Å². The van der Waals surface area contributed by atoms with Crippen LogP contribution in [0.3, 0.4) is 0 Å². The lowest BCUT2D eigenvalue weighted by molar-refractivity contribution is 0.391. The number of methoxy groups -OCH3 is 2. The molecule has 104 valence electrons. The minimum absolute atomic E-state index is 0.595. The molecule has 1 saturated heterocycles. The van der Waals surface area contributed by atoms with Crippen LogP contribution in [0.15, 0.2) is 6.07 Å². The summed E-state index contributed by atoms with van der Waals surface area (Å²) in [4.78, 5) is 0. The summed E-state index contributed by atoms with van der Waals surface area (Å²) in [6.45, 7) is 1.15. The number of nitrogens with one attached hydrogen (secondary N) is 1. The van der Waals surface area contributed by atoms with Gasteiger partial charge in [0.1, 0.15) is 11.5 Å². The molecular weight excluding hydrogens is 238 g/mol. The third-order valence-corrected chi connectivity index (χ3v) is 4.44. The third kappa shape index (κ3) is 2.32. The molecule has 1 N–H and O–H groups in total. The highest BCUT2D eigenvalue weighted by atomic mass is 16.5. The number of ether oxygens (including phenoxy) is 2. The van der Waals surface area contributed by atoms with Gasteiger partial charge in [-0.05, 0) is 56.7 Å². The van der Waals surface area contributed by atoms with E-state index in [0.29, 0.717) is 6.04 Å². The molecule has 1 unspecified atom stereocenters. The van der Waals surface area contributed by atoms with Crippen molar-refractivity contribution >= 4 is 0 Å². The highest BCUT2D eigenvalue weighted by molar-refractivity contribution is 5.56. The van der Waals surface area contributed by atoms with Gasteiger partial charge in [0, 0.05) is 17.2 Å². The maximum atomic E-state index is 5.71. The third-order valence-electron chi connectivity index (χ3n) is 4.44. The fourth-order valence-electron chi connectivity index (χ4n) is 3.56. The summed E-state index contributed by atoms with van der Waals surface area (Å²) in [7, 11) is 3.57. The molecule has 0 bridgehead atoms. The molecule has 3 heteroatoms. The van der Waals surface area contributed by atoms with Crippen LogP contribution in [0.25, 0.3) is 0 Å². The van der Waals surface area contributed by atoms with Crippen LogP contribution in [-0.4, -0.2) is 26.8 Å². The molecule has 2 aliphatic rings. The highest BCUT2D eigenvalue weighted by Crippen LogP contribution is 2.40. The Kier molecular flexibility index (Phi) is 3.65. The van der Waals surface area contributed by atoms with E-state index < -0.39 is 0 Å². The van der Waals surface area contributed by atoms with E-state index in [1.807, 2.05) is 0 Å². The van der Waals surface area contributed by atoms with Crippen molar-refractivity contribution in [3.8, 4) is 11.5 Å². The lowest BCUT2D eigenvalue weighted by Crippen LogP contribution is -2.24. The zero-order chi connectivity index (χ0) is 13.2. The maximum absolute atomic E-state index is 5.71. The van der Waals surface area contributed by atoms with Gasteiger partial charge >= 0.3 is 0 Å². The number of benzene rings is 1. The highest BCUT2D eigenvalue weighted by Gasteiger charge is 2.25. The molecule has 1 aromatic carbocycles. The van der Waals surface area contributed by atoms with Crippen LogP contribution in [0.1, 0.15) is 36.0 Å². The van der Waals surface area contributed by atoms with E-state index in [1.165, 1.54) is 36.0 Å². The number of hydrogen-bond donors (Lipinski definition) is 1. The van der Waals surface area contributed by atoms with Gasteiger partial charge in [-0.3, -0.25) is 0 Å². The van der Waals surface area contributed by atoms with Crippen LogP contribution in [0, 0.1) is 0 Å². The average Bonchev–Trinajstić information content (AvgIpc) is 3.08.